The average molecular weight is 486 g/mol. The summed E-state index contributed by atoms with van der Waals surface area (Å²) >= 11 is 10.9. The van der Waals surface area contributed by atoms with Gasteiger partial charge in [-0.05, 0) is 55.5 Å². The van der Waals surface area contributed by atoms with Gasteiger partial charge in [0.25, 0.3) is 17.5 Å². The monoisotopic (exact) mass is 485 g/mol. The molecule has 0 saturated carbocycles. The molecule has 4 rings (SSSR count). The molecule has 1 aromatic heterocycles. The molecule has 0 spiro atoms. The van der Waals surface area contributed by atoms with E-state index < -0.39 is 22.6 Å². The molecule has 11 heteroatoms. The average Bonchev–Trinajstić information content (AvgIpc) is 3.22. The van der Waals surface area contributed by atoms with Crippen molar-refractivity contribution in [2.45, 2.75) is 6.92 Å². The minimum Gasteiger partial charge on any atom is -0.457 e. The predicted octanol–water partition coefficient (Wildman–Crippen LogP) is 4.79. The number of carbonyl (C=O) groups excluding carboxylic acids is 2. The first-order chi connectivity index (χ1) is 15.7. The van der Waals surface area contributed by atoms with Crippen LogP contribution in [-0.4, -0.2) is 21.9 Å². The zero-order valence-electron chi connectivity index (χ0n) is 16.8. The van der Waals surface area contributed by atoms with Crippen molar-refractivity contribution in [3.05, 3.63) is 86.4 Å². The molecular formula is C22H13ClFN3O5S. The van der Waals surface area contributed by atoms with Crippen molar-refractivity contribution in [3.63, 3.8) is 0 Å². The number of nitrogens with one attached hydrogen (secondary N) is 1. The Labute approximate surface area is 196 Å². The normalized spacial score (nSPS) is 15.2. The van der Waals surface area contributed by atoms with Crippen LogP contribution in [0.1, 0.15) is 11.3 Å². The van der Waals surface area contributed by atoms with Crippen LogP contribution in [0.2, 0.25) is 5.02 Å². The third-order valence-corrected chi connectivity index (χ3v) is 5.44. The maximum atomic E-state index is 13.5. The van der Waals surface area contributed by atoms with Crippen molar-refractivity contribution in [3.8, 4) is 11.3 Å². The number of anilines is 1. The molecule has 1 aliphatic rings. The molecule has 1 saturated heterocycles. The second-order valence-corrected chi connectivity index (χ2v) is 7.81. The highest BCUT2D eigenvalue weighted by molar-refractivity contribution is 7.80. The number of nitro groups is 1. The fourth-order valence-corrected chi connectivity index (χ4v) is 3.66. The van der Waals surface area contributed by atoms with E-state index in [1.807, 2.05) is 0 Å². The summed E-state index contributed by atoms with van der Waals surface area (Å²) in [5.74, 6) is -1.69. The second-order valence-electron chi connectivity index (χ2n) is 7.02. The standard InChI is InChI=1S/C22H13ClFN3O5S/c1-11-2-3-12(8-18(11)27(30)31)19-7-5-14(32-19)10-15-20(28)25-22(33)26(21(15)29)13-4-6-17(24)16(23)9-13/h2-10H,1H3,(H,25,28,33)/b15-10+. The fraction of sp³-hybridized carbons (Fsp3) is 0.0455. The molecule has 0 unspecified atom stereocenters. The summed E-state index contributed by atoms with van der Waals surface area (Å²) in [5.41, 5.74) is 0.793. The van der Waals surface area contributed by atoms with Crippen molar-refractivity contribution in [1.29, 1.82) is 0 Å². The Morgan fingerprint density at radius 1 is 1.18 bits per heavy atom. The van der Waals surface area contributed by atoms with Gasteiger partial charge < -0.3 is 4.42 Å². The van der Waals surface area contributed by atoms with Crippen LogP contribution >= 0.6 is 23.8 Å². The summed E-state index contributed by atoms with van der Waals surface area (Å²) in [7, 11) is 0. The van der Waals surface area contributed by atoms with Gasteiger partial charge in [-0.25, -0.2) is 4.39 Å². The van der Waals surface area contributed by atoms with Gasteiger partial charge in [-0.2, -0.15) is 0 Å². The minimum atomic E-state index is -0.754. The van der Waals surface area contributed by atoms with Gasteiger partial charge in [-0.15, -0.1) is 0 Å². The molecule has 8 nitrogen and oxygen atoms in total. The summed E-state index contributed by atoms with van der Waals surface area (Å²) in [6.45, 7) is 1.62. The summed E-state index contributed by atoms with van der Waals surface area (Å²) in [6, 6.07) is 11.3. The maximum Gasteiger partial charge on any atom is 0.273 e. The topological polar surface area (TPSA) is 106 Å². The van der Waals surface area contributed by atoms with Gasteiger partial charge in [-0.1, -0.05) is 23.7 Å². The molecule has 1 N–H and O–H groups in total. The van der Waals surface area contributed by atoms with Crippen LogP contribution in [0, 0.1) is 22.9 Å². The number of nitrogens with zero attached hydrogens (tertiary/aromatic N) is 2. The van der Waals surface area contributed by atoms with Crippen LogP contribution in [0.3, 0.4) is 0 Å². The third kappa shape index (κ3) is 4.26. The van der Waals surface area contributed by atoms with Crippen molar-refractivity contribution in [1.82, 2.24) is 5.32 Å². The van der Waals surface area contributed by atoms with Gasteiger partial charge in [0.2, 0.25) is 0 Å². The zero-order valence-corrected chi connectivity index (χ0v) is 18.4. The highest BCUT2D eigenvalue weighted by Gasteiger charge is 2.35. The fourth-order valence-electron chi connectivity index (χ4n) is 3.20. The van der Waals surface area contributed by atoms with Crippen molar-refractivity contribution in [2.24, 2.45) is 0 Å². The number of aryl methyl sites for hydroxylation is 1. The largest absolute Gasteiger partial charge is 0.457 e. The molecule has 1 aliphatic heterocycles. The van der Waals surface area contributed by atoms with Crippen LogP contribution in [-0.2, 0) is 9.59 Å². The van der Waals surface area contributed by atoms with Crippen LogP contribution in [0.25, 0.3) is 17.4 Å². The van der Waals surface area contributed by atoms with E-state index in [2.05, 4.69) is 5.32 Å². The van der Waals surface area contributed by atoms with E-state index in [0.29, 0.717) is 16.9 Å². The van der Waals surface area contributed by atoms with Crippen molar-refractivity contribution in [2.75, 3.05) is 4.90 Å². The van der Waals surface area contributed by atoms with E-state index in [4.69, 9.17) is 28.2 Å². The molecule has 166 valence electrons. The summed E-state index contributed by atoms with van der Waals surface area (Å²) in [6.07, 6.45) is 1.23. The first-order valence-corrected chi connectivity index (χ1v) is 10.2. The van der Waals surface area contributed by atoms with Crippen LogP contribution in [0.5, 0.6) is 0 Å². The smallest absolute Gasteiger partial charge is 0.273 e. The molecule has 0 radical (unpaired) electrons. The first kappa shape index (κ1) is 22.3. The van der Waals surface area contributed by atoms with Gasteiger partial charge in [0.15, 0.2) is 5.11 Å². The van der Waals surface area contributed by atoms with E-state index in [1.165, 1.54) is 30.3 Å². The van der Waals surface area contributed by atoms with Gasteiger partial charge in [-0.3, -0.25) is 29.9 Å². The van der Waals surface area contributed by atoms with Gasteiger partial charge >= 0.3 is 0 Å². The van der Waals surface area contributed by atoms with Gasteiger partial charge in [0.1, 0.15) is 22.9 Å². The van der Waals surface area contributed by atoms with E-state index in [0.717, 1.165) is 11.0 Å². The molecule has 1 fully saturated rings. The van der Waals surface area contributed by atoms with Gasteiger partial charge in [0.05, 0.1) is 15.6 Å². The number of halogens is 2. The second kappa shape index (κ2) is 8.57. The molecule has 2 amide bonds. The minimum absolute atomic E-state index is 0.0623. The Kier molecular flexibility index (Phi) is 5.79. The lowest BCUT2D eigenvalue weighted by Gasteiger charge is -2.28. The molecule has 3 aromatic rings. The SMILES string of the molecule is Cc1ccc(-c2ccc(/C=C3\C(=O)NC(=S)N(c4ccc(F)c(Cl)c4)C3=O)o2)cc1[N+](=O)[O-]. The molecule has 0 atom stereocenters. The summed E-state index contributed by atoms with van der Waals surface area (Å²) in [4.78, 5) is 37.2. The molecule has 2 aromatic carbocycles. The molecule has 33 heavy (non-hydrogen) atoms. The summed E-state index contributed by atoms with van der Waals surface area (Å²) < 4.78 is 19.2. The number of carbonyl (C=O) groups is 2. The lowest BCUT2D eigenvalue weighted by Crippen LogP contribution is -2.54. The van der Waals surface area contributed by atoms with E-state index >= 15 is 0 Å². The maximum absolute atomic E-state index is 13.5. The molecule has 0 aliphatic carbocycles. The number of hydrogen-bond acceptors (Lipinski definition) is 6. The van der Waals surface area contributed by atoms with Crippen LogP contribution in [0.15, 0.2) is 58.5 Å². The molecule has 0 bridgehead atoms. The number of thiocarbonyl (C=S) groups is 1. The Bertz CT molecular complexity index is 1380. The number of nitro benzene ring substituents is 1. The Balaban J connectivity index is 1.68. The number of rotatable bonds is 4. The summed E-state index contributed by atoms with van der Waals surface area (Å²) in [5, 5.41) is 13.2. The van der Waals surface area contributed by atoms with E-state index in [9.17, 15) is 24.1 Å². The molecular weight excluding hydrogens is 473 g/mol. The van der Waals surface area contributed by atoms with Gasteiger partial charge in [0, 0.05) is 17.2 Å². The lowest BCUT2D eigenvalue weighted by atomic mass is 10.1. The van der Waals surface area contributed by atoms with E-state index in [1.54, 1.807) is 25.1 Å². The Morgan fingerprint density at radius 2 is 1.94 bits per heavy atom. The van der Waals surface area contributed by atoms with Crippen LogP contribution in [0.4, 0.5) is 15.8 Å². The molecule has 2 heterocycles. The zero-order chi connectivity index (χ0) is 23.9. The van der Waals surface area contributed by atoms with Crippen molar-refractivity contribution < 1.29 is 23.3 Å². The highest BCUT2D eigenvalue weighted by Crippen LogP contribution is 2.30. The van der Waals surface area contributed by atoms with E-state index in [-0.39, 0.29) is 32.8 Å². The third-order valence-electron chi connectivity index (χ3n) is 4.87. The quantitative estimate of drug-likeness (QED) is 0.187. The highest BCUT2D eigenvalue weighted by atomic mass is 35.5. The number of hydrogen-bond donors (Lipinski definition) is 1. The number of benzene rings is 2. The Morgan fingerprint density at radius 3 is 2.64 bits per heavy atom. The number of amides is 2. The first-order valence-electron chi connectivity index (χ1n) is 9.37. The van der Waals surface area contributed by atoms with Crippen molar-refractivity contribution >= 4 is 58.2 Å². The number of furan rings is 1. The Hall–Kier alpha value is -3.89. The van der Waals surface area contributed by atoms with Crippen LogP contribution < -0.4 is 10.2 Å². The predicted molar refractivity (Wildman–Crippen MR) is 123 cm³/mol. The lowest BCUT2D eigenvalue weighted by molar-refractivity contribution is -0.385.